The fourth-order valence-corrected chi connectivity index (χ4v) is 3.46. The molecule has 0 amide bonds. The van der Waals surface area contributed by atoms with Crippen LogP contribution in [-0.2, 0) is 17.9 Å². The Hall–Kier alpha value is -3.52. The number of rotatable bonds is 5. The van der Waals surface area contributed by atoms with E-state index in [1.165, 1.54) is 6.07 Å². The number of fused-ring (bicyclic) bond motifs is 1. The Labute approximate surface area is 172 Å². The summed E-state index contributed by atoms with van der Waals surface area (Å²) >= 11 is 0. The van der Waals surface area contributed by atoms with Crippen LogP contribution >= 0.6 is 0 Å². The lowest BCUT2D eigenvalue weighted by Crippen LogP contribution is -2.21. The zero-order valence-electron chi connectivity index (χ0n) is 16.3. The molecule has 0 saturated carbocycles. The van der Waals surface area contributed by atoms with Crippen LogP contribution in [0.3, 0.4) is 0 Å². The molecule has 0 N–H and O–H groups in total. The van der Waals surface area contributed by atoms with Crippen LogP contribution in [0.15, 0.2) is 59.1 Å². The molecule has 0 aliphatic carbocycles. The van der Waals surface area contributed by atoms with Crippen LogP contribution in [0.5, 0.6) is 5.75 Å². The molecule has 0 saturated heterocycles. The maximum absolute atomic E-state index is 14.0. The molecule has 0 spiro atoms. The molecule has 3 heterocycles. The number of hydrogen-bond donors (Lipinski definition) is 0. The molecule has 0 bridgehead atoms. The lowest BCUT2D eigenvalue weighted by Gasteiger charge is -2.24. The van der Waals surface area contributed by atoms with Crippen LogP contribution < -0.4 is 4.74 Å². The maximum Gasteiger partial charge on any atom is 0.278 e. The van der Waals surface area contributed by atoms with Crippen LogP contribution in [0.4, 0.5) is 4.39 Å². The number of nitrogens with zero attached hydrogens (tertiary/aromatic N) is 4. The number of ether oxygens (including phenoxy) is 2. The average Bonchev–Trinajstić information content (AvgIpc) is 3.41. The van der Waals surface area contributed by atoms with Crippen molar-refractivity contribution in [2.24, 2.45) is 0 Å². The molecule has 4 aromatic rings. The van der Waals surface area contributed by atoms with Gasteiger partial charge in [0.25, 0.3) is 5.89 Å². The smallest absolute Gasteiger partial charge is 0.278 e. The lowest BCUT2D eigenvalue weighted by atomic mass is 10.1. The molecule has 2 aromatic carbocycles. The minimum absolute atomic E-state index is 0.113. The van der Waals surface area contributed by atoms with Gasteiger partial charge in [0.2, 0.25) is 5.82 Å². The first-order chi connectivity index (χ1) is 14.7. The first-order valence-electron chi connectivity index (χ1n) is 9.71. The highest BCUT2D eigenvalue weighted by molar-refractivity contribution is 5.58. The molecule has 7 nitrogen and oxygen atoms in total. The van der Waals surface area contributed by atoms with Gasteiger partial charge in [-0.25, -0.2) is 4.39 Å². The van der Waals surface area contributed by atoms with Crippen molar-refractivity contribution in [2.75, 3.05) is 6.61 Å². The van der Waals surface area contributed by atoms with E-state index in [4.69, 9.17) is 14.0 Å². The molecule has 1 aliphatic rings. The fourth-order valence-electron chi connectivity index (χ4n) is 3.46. The van der Waals surface area contributed by atoms with Crippen molar-refractivity contribution in [3.63, 3.8) is 0 Å². The van der Waals surface area contributed by atoms with Crippen LogP contribution in [0.1, 0.15) is 24.3 Å². The first-order valence-corrected chi connectivity index (χ1v) is 9.71. The predicted octanol–water partition coefficient (Wildman–Crippen LogP) is 4.41. The van der Waals surface area contributed by atoms with Gasteiger partial charge in [0.15, 0.2) is 5.69 Å². The van der Waals surface area contributed by atoms with Gasteiger partial charge in [0.05, 0.1) is 31.0 Å². The van der Waals surface area contributed by atoms with Crippen molar-refractivity contribution >= 4 is 0 Å². The van der Waals surface area contributed by atoms with E-state index in [0.717, 1.165) is 17.0 Å². The second kappa shape index (κ2) is 7.72. The van der Waals surface area contributed by atoms with Gasteiger partial charge in [0.1, 0.15) is 17.7 Å². The van der Waals surface area contributed by atoms with Gasteiger partial charge in [-0.05, 0) is 42.8 Å². The summed E-state index contributed by atoms with van der Waals surface area (Å²) in [5.74, 6) is 0.868. The van der Waals surface area contributed by atoms with E-state index < -0.39 is 5.82 Å². The molecule has 8 heteroatoms. The van der Waals surface area contributed by atoms with E-state index >= 15 is 0 Å². The summed E-state index contributed by atoms with van der Waals surface area (Å²) in [5.41, 5.74) is 2.80. The average molecular weight is 406 g/mol. The third kappa shape index (κ3) is 3.46. The summed E-state index contributed by atoms with van der Waals surface area (Å²) in [4.78, 5) is 4.31. The molecular formula is C22H19FN4O3. The highest BCUT2D eigenvalue weighted by Gasteiger charge is 2.24. The SMILES string of the molecule is CCOc1ccc([C@H]2Cn3nc(-c4nc(-c5ccccc5F)no4)cc3CO2)cc1. The molecule has 30 heavy (non-hydrogen) atoms. The summed E-state index contributed by atoms with van der Waals surface area (Å²) in [6.07, 6.45) is -0.113. The van der Waals surface area contributed by atoms with Crippen molar-refractivity contribution in [3.05, 3.63) is 71.7 Å². The minimum atomic E-state index is -0.402. The largest absolute Gasteiger partial charge is 0.494 e. The van der Waals surface area contributed by atoms with E-state index in [1.54, 1.807) is 18.2 Å². The second-order valence-corrected chi connectivity index (χ2v) is 6.91. The monoisotopic (exact) mass is 406 g/mol. The minimum Gasteiger partial charge on any atom is -0.494 e. The number of benzene rings is 2. The van der Waals surface area contributed by atoms with Gasteiger partial charge in [-0.2, -0.15) is 10.1 Å². The summed E-state index contributed by atoms with van der Waals surface area (Å²) in [7, 11) is 0. The van der Waals surface area contributed by atoms with Gasteiger partial charge in [-0.15, -0.1) is 0 Å². The zero-order valence-corrected chi connectivity index (χ0v) is 16.3. The maximum atomic E-state index is 14.0. The lowest BCUT2D eigenvalue weighted by molar-refractivity contribution is -0.00115. The first kappa shape index (κ1) is 18.5. The predicted molar refractivity (Wildman–Crippen MR) is 106 cm³/mol. The standard InChI is InChI=1S/C22H19FN4O3/c1-2-28-16-9-7-14(8-10-16)20-12-27-15(13-29-20)11-19(25-27)22-24-21(26-30-22)17-5-3-4-6-18(17)23/h3-11,20H,2,12-13H2,1H3/t20-/m1/s1. The quantitative estimate of drug-likeness (QED) is 0.489. The molecule has 2 aromatic heterocycles. The van der Waals surface area contributed by atoms with Crippen LogP contribution in [-0.4, -0.2) is 26.5 Å². The van der Waals surface area contributed by atoms with E-state index in [-0.39, 0.29) is 23.4 Å². The van der Waals surface area contributed by atoms with Crippen LogP contribution in [0.2, 0.25) is 0 Å². The normalized spacial score (nSPS) is 15.7. The van der Waals surface area contributed by atoms with Gasteiger partial charge >= 0.3 is 0 Å². The number of aromatic nitrogens is 4. The Balaban J connectivity index is 1.36. The van der Waals surface area contributed by atoms with Crippen molar-refractivity contribution in [1.29, 1.82) is 0 Å². The van der Waals surface area contributed by atoms with E-state index in [1.807, 2.05) is 41.9 Å². The highest BCUT2D eigenvalue weighted by Crippen LogP contribution is 2.30. The Kier molecular flexibility index (Phi) is 4.76. The molecule has 5 rings (SSSR count). The van der Waals surface area contributed by atoms with E-state index in [0.29, 0.717) is 25.5 Å². The molecule has 0 fully saturated rings. The summed E-state index contributed by atoms with van der Waals surface area (Å²) in [6, 6.07) is 16.0. The Morgan fingerprint density at radius 1 is 1.17 bits per heavy atom. The highest BCUT2D eigenvalue weighted by atomic mass is 19.1. The van der Waals surface area contributed by atoms with Crippen molar-refractivity contribution < 1.29 is 18.4 Å². The topological polar surface area (TPSA) is 75.2 Å². The molecule has 152 valence electrons. The molecule has 0 radical (unpaired) electrons. The van der Waals surface area contributed by atoms with Gasteiger partial charge < -0.3 is 14.0 Å². The zero-order chi connectivity index (χ0) is 20.5. The molecular weight excluding hydrogens is 387 g/mol. The number of halogens is 1. The van der Waals surface area contributed by atoms with Crippen LogP contribution in [0, 0.1) is 5.82 Å². The molecule has 1 aliphatic heterocycles. The van der Waals surface area contributed by atoms with E-state index in [9.17, 15) is 4.39 Å². The Bertz CT molecular complexity index is 1170. The van der Waals surface area contributed by atoms with Gasteiger partial charge in [-0.3, -0.25) is 4.68 Å². The second-order valence-electron chi connectivity index (χ2n) is 6.91. The van der Waals surface area contributed by atoms with E-state index in [2.05, 4.69) is 15.2 Å². The third-order valence-corrected chi connectivity index (χ3v) is 4.96. The molecule has 1 atom stereocenters. The summed E-state index contributed by atoms with van der Waals surface area (Å²) < 4.78 is 32.7. The summed E-state index contributed by atoms with van der Waals surface area (Å²) in [5, 5.41) is 8.49. The fraction of sp³-hybridized carbons (Fsp3) is 0.227. The summed E-state index contributed by atoms with van der Waals surface area (Å²) in [6.45, 7) is 3.57. The van der Waals surface area contributed by atoms with Crippen molar-refractivity contribution in [1.82, 2.24) is 19.9 Å². The number of hydrogen-bond acceptors (Lipinski definition) is 6. The third-order valence-electron chi connectivity index (χ3n) is 4.96. The Morgan fingerprint density at radius 3 is 2.80 bits per heavy atom. The van der Waals surface area contributed by atoms with Crippen molar-refractivity contribution in [3.8, 4) is 28.7 Å². The van der Waals surface area contributed by atoms with Gasteiger partial charge in [-0.1, -0.05) is 29.4 Å². The molecule has 0 unspecified atom stereocenters. The Morgan fingerprint density at radius 2 is 2.00 bits per heavy atom. The van der Waals surface area contributed by atoms with Gasteiger partial charge in [0, 0.05) is 0 Å². The van der Waals surface area contributed by atoms with Crippen molar-refractivity contribution in [2.45, 2.75) is 26.2 Å². The van der Waals surface area contributed by atoms with Crippen LogP contribution in [0.25, 0.3) is 23.0 Å².